The number of aliphatic hydroxyl groups is 1. The number of primary amides is 1. The minimum atomic E-state index is -2.14. The Morgan fingerprint density at radius 2 is 2.31 bits per heavy atom. The molecule has 88 valence electrons. The number of benzene rings is 1. The van der Waals surface area contributed by atoms with E-state index in [-0.39, 0.29) is 17.0 Å². The van der Waals surface area contributed by atoms with Gasteiger partial charge in [-0.3, -0.25) is 0 Å². The van der Waals surface area contributed by atoms with Crippen LogP contribution in [0.2, 0.25) is 5.02 Å². The summed E-state index contributed by atoms with van der Waals surface area (Å²) in [4.78, 5) is 10.6. The first-order chi connectivity index (χ1) is 7.40. The third kappa shape index (κ3) is 2.43. The fourth-order valence-electron chi connectivity index (χ4n) is 1.34. The van der Waals surface area contributed by atoms with Crippen molar-refractivity contribution < 1.29 is 19.0 Å². The molecule has 1 rings (SSSR count). The molecule has 0 bridgehead atoms. The molecule has 0 saturated heterocycles. The number of rotatable bonds is 3. The molecular formula is C10H11ClFNO3. The second-order valence-corrected chi connectivity index (χ2v) is 3.56. The summed E-state index contributed by atoms with van der Waals surface area (Å²) in [6.45, 7) is 1.51. The molecule has 0 aliphatic carbocycles. The van der Waals surface area contributed by atoms with Gasteiger partial charge in [0.25, 0.3) is 0 Å². The van der Waals surface area contributed by atoms with Crippen molar-refractivity contribution in [3.63, 3.8) is 0 Å². The summed E-state index contributed by atoms with van der Waals surface area (Å²) in [5.74, 6) is -2.91. The minimum Gasteiger partial charge on any atom is -0.413 e. The molecule has 1 aromatic carbocycles. The molecule has 0 radical (unpaired) electrons. The van der Waals surface area contributed by atoms with Gasteiger partial charge in [-0.2, -0.15) is 0 Å². The first-order valence-electron chi connectivity index (χ1n) is 4.56. The van der Waals surface area contributed by atoms with Crippen LogP contribution in [0.5, 0.6) is 0 Å². The maximum absolute atomic E-state index is 13.5. The summed E-state index contributed by atoms with van der Waals surface area (Å²) in [6.07, 6.45) is -1.28. The molecule has 3 N–H and O–H groups in total. The molecule has 0 heterocycles. The lowest BCUT2D eigenvalue weighted by Crippen LogP contribution is -2.35. The first-order valence-corrected chi connectivity index (χ1v) is 4.94. The normalized spacial score (nSPS) is 14.2. The monoisotopic (exact) mass is 247 g/mol. The zero-order chi connectivity index (χ0) is 12.3. The molecule has 0 aliphatic heterocycles. The smallest absolute Gasteiger partial charge is 0.407 e. The van der Waals surface area contributed by atoms with E-state index in [2.05, 4.69) is 4.74 Å². The van der Waals surface area contributed by atoms with E-state index in [4.69, 9.17) is 17.3 Å². The van der Waals surface area contributed by atoms with Gasteiger partial charge >= 0.3 is 6.09 Å². The van der Waals surface area contributed by atoms with E-state index in [1.165, 1.54) is 19.1 Å². The molecule has 16 heavy (non-hydrogen) atoms. The van der Waals surface area contributed by atoms with Crippen LogP contribution in [0.4, 0.5) is 9.18 Å². The largest absolute Gasteiger partial charge is 0.413 e. The fourth-order valence-corrected chi connectivity index (χ4v) is 1.65. The van der Waals surface area contributed by atoms with E-state index >= 15 is 0 Å². The van der Waals surface area contributed by atoms with Gasteiger partial charge in [0.15, 0.2) is 0 Å². The molecule has 6 heteroatoms. The molecule has 0 fully saturated rings. The van der Waals surface area contributed by atoms with Crippen molar-refractivity contribution in [3.05, 3.63) is 34.6 Å². The number of hydrogen-bond donors (Lipinski definition) is 2. The van der Waals surface area contributed by atoms with Crippen LogP contribution in [0.15, 0.2) is 18.2 Å². The van der Waals surface area contributed by atoms with Gasteiger partial charge in [-0.05, 0) is 12.1 Å². The van der Waals surface area contributed by atoms with Crippen molar-refractivity contribution in [2.75, 3.05) is 0 Å². The lowest BCUT2D eigenvalue weighted by molar-refractivity contribution is -0.171. The van der Waals surface area contributed by atoms with Crippen LogP contribution in [-0.2, 0) is 10.5 Å². The van der Waals surface area contributed by atoms with Crippen molar-refractivity contribution in [2.24, 2.45) is 5.73 Å². The van der Waals surface area contributed by atoms with Crippen LogP contribution in [0.1, 0.15) is 18.9 Å². The number of ether oxygens (including phenoxy) is 1. The Balaban J connectivity index is 3.27. The van der Waals surface area contributed by atoms with E-state index in [1.54, 1.807) is 0 Å². The molecular weight excluding hydrogens is 237 g/mol. The van der Waals surface area contributed by atoms with Gasteiger partial charge in [0.2, 0.25) is 5.79 Å². The molecule has 0 spiro atoms. The molecule has 0 aliphatic rings. The first kappa shape index (κ1) is 12.7. The Bertz CT molecular complexity index is 393. The Morgan fingerprint density at radius 3 is 2.75 bits per heavy atom. The van der Waals surface area contributed by atoms with Crippen molar-refractivity contribution >= 4 is 17.7 Å². The maximum Gasteiger partial charge on any atom is 0.407 e. The van der Waals surface area contributed by atoms with Gasteiger partial charge in [0, 0.05) is 6.42 Å². The van der Waals surface area contributed by atoms with Crippen LogP contribution in [-0.4, -0.2) is 11.2 Å². The van der Waals surface area contributed by atoms with Crippen molar-refractivity contribution in [1.82, 2.24) is 0 Å². The lowest BCUT2D eigenvalue weighted by atomic mass is 10.0. The van der Waals surface area contributed by atoms with E-state index in [9.17, 15) is 14.3 Å². The molecule has 1 aromatic rings. The summed E-state index contributed by atoms with van der Waals surface area (Å²) < 4.78 is 18.0. The highest BCUT2D eigenvalue weighted by Crippen LogP contribution is 2.34. The third-order valence-corrected chi connectivity index (χ3v) is 2.42. The predicted molar refractivity (Wildman–Crippen MR) is 56.3 cm³/mol. The quantitative estimate of drug-likeness (QED) is 0.804. The summed E-state index contributed by atoms with van der Waals surface area (Å²) in [7, 11) is 0. The zero-order valence-corrected chi connectivity index (χ0v) is 9.29. The van der Waals surface area contributed by atoms with Crippen LogP contribution in [0, 0.1) is 5.82 Å². The SMILES string of the molecule is CC[C@@](O)(OC(N)=O)c1c(F)cccc1Cl. The number of halogens is 2. The number of carbonyl (C=O) groups is 1. The average Bonchev–Trinajstić information content (AvgIpc) is 2.16. The number of amides is 1. The third-order valence-electron chi connectivity index (χ3n) is 2.10. The lowest BCUT2D eigenvalue weighted by Gasteiger charge is -2.27. The highest BCUT2D eigenvalue weighted by Gasteiger charge is 2.36. The molecule has 0 aromatic heterocycles. The van der Waals surface area contributed by atoms with Gasteiger partial charge in [0.05, 0.1) is 10.6 Å². The van der Waals surface area contributed by atoms with Gasteiger partial charge in [-0.1, -0.05) is 24.6 Å². The highest BCUT2D eigenvalue weighted by atomic mass is 35.5. The number of nitrogens with two attached hydrogens (primary N) is 1. The topological polar surface area (TPSA) is 72.6 Å². The van der Waals surface area contributed by atoms with Crippen LogP contribution >= 0.6 is 11.6 Å². The van der Waals surface area contributed by atoms with Crippen LogP contribution in [0.3, 0.4) is 0 Å². The Kier molecular flexibility index (Phi) is 3.72. The second-order valence-electron chi connectivity index (χ2n) is 3.16. The number of hydrogen-bond acceptors (Lipinski definition) is 3. The number of carbonyl (C=O) groups excluding carboxylic acids is 1. The predicted octanol–water partition coefficient (Wildman–Crippen LogP) is 2.13. The van der Waals surface area contributed by atoms with Crippen molar-refractivity contribution in [2.45, 2.75) is 19.1 Å². The van der Waals surface area contributed by atoms with Gasteiger partial charge in [-0.25, -0.2) is 9.18 Å². The van der Waals surface area contributed by atoms with E-state index < -0.39 is 17.7 Å². The standard InChI is InChI=1S/C10H11ClFNO3/c1-2-10(15,16-9(13)14)8-6(11)4-3-5-7(8)12/h3-5,15H,2H2,1H3,(H2,13,14)/t10-/m1/s1. The van der Waals surface area contributed by atoms with Crippen molar-refractivity contribution in [1.29, 1.82) is 0 Å². The van der Waals surface area contributed by atoms with E-state index in [0.717, 1.165) is 6.07 Å². The summed E-state index contributed by atoms with van der Waals surface area (Å²) >= 11 is 5.74. The van der Waals surface area contributed by atoms with Crippen LogP contribution < -0.4 is 5.73 Å². The minimum absolute atomic E-state index is 0.0365. The van der Waals surface area contributed by atoms with Gasteiger partial charge in [-0.15, -0.1) is 0 Å². The van der Waals surface area contributed by atoms with Crippen LogP contribution in [0.25, 0.3) is 0 Å². The molecule has 4 nitrogen and oxygen atoms in total. The average molecular weight is 248 g/mol. The summed E-state index contributed by atoms with van der Waals surface area (Å²) in [5.41, 5.74) is 4.51. The summed E-state index contributed by atoms with van der Waals surface area (Å²) in [6, 6.07) is 3.86. The molecule has 0 saturated carbocycles. The van der Waals surface area contributed by atoms with E-state index in [0.29, 0.717) is 0 Å². The Labute approximate surface area is 96.8 Å². The maximum atomic E-state index is 13.5. The second kappa shape index (κ2) is 4.67. The van der Waals surface area contributed by atoms with E-state index in [1.807, 2.05) is 0 Å². The zero-order valence-electron chi connectivity index (χ0n) is 8.54. The molecule has 0 unspecified atom stereocenters. The van der Waals surface area contributed by atoms with Crippen molar-refractivity contribution in [3.8, 4) is 0 Å². The van der Waals surface area contributed by atoms with Gasteiger partial charge in [0.1, 0.15) is 5.82 Å². The molecule has 1 amide bonds. The van der Waals surface area contributed by atoms with Gasteiger partial charge < -0.3 is 15.6 Å². The Morgan fingerprint density at radius 1 is 1.69 bits per heavy atom. The summed E-state index contributed by atoms with van der Waals surface area (Å²) in [5, 5.41) is 9.94. The molecule has 1 atom stereocenters. The Hall–Kier alpha value is -1.33. The fraction of sp³-hybridized carbons (Fsp3) is 0.300. The highest BCUT2D eigenvalue weighted by molar-refractivity contribution is 6.31.